The molecule has 5 rings (SSSR count). The number of rotatable bonds is 9. The van der Waals surface area contributed by atoms with Crippen LogP contribution < -0.4 is 19.5 Å². The SMILES string of the molecule is COc1ccc(S(=O)(=O)Nc2ccc3c(c2)C(=O)N([C@H](C)CO)C[C@H](C)[C@H](CN(C)C(=O)Nc2cccc4ccccc24)O3)cc1. The molecule has 12 heteroatoms. The smallest absolute Gasteiger partial charge is 0.321 e. The second kappa shape index (κ2) is 13.7. The lowest BCUT2D eigenvalue weighted by Crippen LogP contribution is -2.50. The summed E-state index contributed by atoms with van der Waals surface area (Å²) in [4.78, 5) is 30.2. The van der Waals surface area contributed by atoms with E-state index < -0.39 is 28.1 Å². The number of methoxy groups -OCH3 is 1. The van der Waals surface area contributed by atoms with E-state index in [0.717, 1.165) is 10.8 Å². The minimum absolute atomic E-state index is 0.0249. The van der Waals surface area contributed by atoms with E-state index in [0.29, 0.717) is 11.4 Å². The van der Waals surface area contributed by atoms with E-state index in [1.165, 1.54) is 36.3 Å². The Bertz CT molecular complexity index is 1830. The summed E-state index contributed by atoms with van der Waals surface area (Å²) in [7, 11) is -0.817. The largest absolute Gasteiger partial charge is 0.497 e. The van der Waals surface area contributed by atoms with Gasteiger partial charge >= 0.3 is 6.03 Å². The van der Waals surface area contributed by atoms with Gasteiger partial charge in [0, 0.05) is 30.6 Å². The maximum Gasteiger partial charge on any atom is 0.321 e. The van der Waals surface area contributed by atoms with Gasteiger partial charge in [-0.1, -0.05) is 43.3 Å². The van der Waals surface area contributed by atoms with Crippen molar-refractivity contribution in [3.63, 3.8) is 0 Å². The number of aliphatic hydroxyl groups excluding tert-OH is 1. The average molecular weight is 647 g/mol. The van der Waals surface area contributed by atoms with E-state index in [1.807, 2.05) is 49.4 Å². The third-order valence-electron chi connectivity index (χ3n) is 8.12. The highest BCUT2D eigenvalue weighted by atomic mass is 32.2. The summed E-state index contributed by atoms with van der Waals surface area (Å²) in [5, 5.41) is 14.9. The molecule has 1 aliphatic rings. The number of carbonyl (C=O) groups is 2. The molecular weight excluding hydrogens is 608 g/mol. The third-order valence-corrected chi connectivity index (χ3v) is 9.52. The molecule has 1 aliphatic heterocycles. The molecule has 3 N–H and O–H groups in total. The van der Waals surface area contributed by atoms with Crippen LogP contribution in [0.2, 0.25) is 0 Å². The van der Waals surface area contributed by atoms with Crippen molar-refractivity contribution in [1.29, 1.82) is 0 Å². The fourth-order valence-corrected chi connectivity index (χ4v) is 6.42. The van der Waals surface area contributed by atoms with E-state index >= 15 is 0 Å². The Labute approximate surface area is 268 Å². The highest BCUT2D eigenvalue weighted by molar-refractivity contribution is 7.92. The van der Waals surface area contributed by atoms with Gasteiger partial charge in [-0.15, -0.1) is 0 Å². The minimum Gasteiger partial charge on any atom is -0.497 e. The molecule has 3 atom stereocenters. The van der Waals surface area contributed by atoms with Crippen molar-refractivity contribution in [3.8, 4) is 11.5 Å². The van der Waals surface area contributed by atoms with Crippen LogP contribution in [0.15, 0.2) is 89.8 Å². The number of fused-ring (bicyclic) bond motifs is 2. The first-order chi connectivity index (χ1) is 22.0. The summed E-state index contributed by atoms with van der Waals surface area (Å²) < 4.78 is 40.3. The van der Waals surface area contributed by atoms with Crippen LogP contribution in [0.5, 0.6) is 11.5 Å². The minimum atomic E-state index is -3.98. The molecule has 0 aliphatic carbocycles. The first-order valence-electron chi connectivity index (χ1n) is 14.9. The zero-order chi connectivity index (χ0) is 33.0. The molecule has 1 heterocycles. The molecule has 11 nitrogen and oxygen atoms in total. The molecule has 0 fully saturated rings. The van der Waals surface area contributed by atoms with E-state index in [4.69, 9.17) is 9.47 Å². The van der Waals surface area contributed by atoms with Crippen molar-refractivity contribution in [3.05, 3.63) is 90.5 Å². The van der Waals surface area contributed by atoms with Gasteiger partial charge in [-0.05, 0) is 60.8 Å². The lowest BCUT2D eigenvalue weighted by Gasteiger charge is -2.38. The fourth-order valence-electron chi connectivity index (χ4n) is 5.37. The standard InChI is InChI=1S/C34H38N4O7S/c1-22-19-38(23(2)21-39)33(40)29-18-25(36-46(42,43)27-15-13-26(44-4)14-16-27)12-17-31(29)45-32(22)20-37(3)34(41)35-30-11-7-9-24-8-5-6-10-28(24)30/h5-18,22-23,32,36,39H,19-21H2,1-4H3,(H,35,41)/t22-,23+,32-/m0/s1. The topological polar surface area (TPSA) is 138 Å². The number of aliphatic hydroxyl groups is 1. The van der Waals surface area contributed by atoms with Crippen molar-refractivity contribution in [2.75, 3.05) is 43.9 Å². The van der Waals surface area contributed by atoms with Gasteiger partial charge in [0.2, 0.25) is 0 Å². The molecule has 4 aromatic carbocycles. The van der Waals surface area contributed by atoms with Gasteiger partial charge in [0.25, 0.3) is 15.9 Å². The fraction of sp³-hybridized carbons (Fsp3) is 0.294. The summed E-state index contributed by atoms with van der Waals surface area (Å²) in [6.45, 7) is 3.83. The molecule has 0 aromatic heterocycles. The Morgan fingerprint density at radius 3 is 2.52 bits per heavy atom. The first kappa shape index (κ1) is 32.6. The highest BCUT2D eigenvalue weighted by Crippen LogP contribution is 2.32. The maximum atomic E-state index is 13.8. The molecule has 0 bridgehead atoms. The predicted octanol–water partition coefficient (Wildman–Crippen LogP) is 5.03. The van der Waals surface area contributed by atoms with Crippen LogP contribution in [0.25, 0.3) is 10.8 Å². The zero-order valence-electron chi connectivity index (χ0n) is 26.1. The van der Waals surface area contributed by atoms with Gasteiger partial charge in [-0.3, -0.25) is 9.52 Å². The third kappa shape index (κ3) is 7.03. The van der Waals surface area contributed by atoms with Crippen molar-refractivity contribution in [2.24, 2.45) is 5.92 Å². The molecule has 46 heavy (non-hydrogen) atoms. The average Bonchev–Trinajstić information content (AvgIpc) is 3.06. The normalized spacial score (nSPS) is 17.2. The number of likely N-dealkylation sites (N-methyl/N-ethyl adjacent to an activating group) is 1. The number of sulfonamides is 1. The van der Waals surface area contributed by atoms with Gasteiger partial charge in [-0.25, -0.2) is 13.2 Å². The van der Waals surface area contributed by atoms with Crippen LogP contribution in [0.4, 0.5) is 16.2 Å². The number of anilines is 2. The summed E-state index contributed by atoms with van der Waals surface area (Å²) in [6.07, 6.45) is -0.537. The van der Waals surface area contributed by atoms with Gasteiger partial charge < -0.3 is 29.7 Å². The molecule has 4 aromatic rings. The summed E-state index contributed by atoms with van der Waals surface area (Å²) >= 11 is 0. The van der Waals surface area contributed by atoms with Gasteiger partial charge in [0.15, 0.2) is 0 Å². The lowest BCUT2D eigenvalue weighted by atomic mass is 9.99. The number of benzene rings is 4. The highest BCUT2D eigenvalue weighted by Gasteiger charge is 2.34. The quantitative estimate of drug-likeness (QED) is 0.232. The van der Waals surface area contributed by atoms with Crippen molar-refractivity contribution in [1.82, 2.24) is 9.80 Å². The van der Waals surface area contributed by atoms with Gasteiger partial charge in [-0.2, -0.15) is 0 Å². The Kier molecular flexibility index (Phi) is 9.68. The van der Waals surface area contributed by atoms with Crippen LogP contribution in [0, 0.1) is 5.92 Å². The Morgan fingerprint density at radius 1 is 1.09 bits per heavy atom. The summed E-state index contributed by atoms with van der Waals surface area (Å²) in [5.41, 5.74) is 0.986. The van der Waals surface area contributed by atoms with Crippen molar-refractivity contribution >= 4 is 44.1 Å². The van der Waals surface area contributed by atoms with E-state index in [-0.39, 0.29) is 53.5 Å². The van der Waals surface area contributed by atoms with Crippen molar-refractivity contribution in [2.45, 2.75) is 30.9 Å². The molecule has 0 unspecified atom stereocenters. The second-order valence-corrected chi connectivity index (χ2v) is 13.1. The summed E-state index contributed by atoms with van der Waals surface area (Å²) in [5.74, 6) is 0.120. The molecule has 0 saturated heterocycles. The van der Waals surface area contributed by atoms with Crippen LogP contribution in [-0.4, -0.2) is 81.3 Å². The van der Waals surface area contributed by atoms with Gasteiger partial charge in [0.1, 0.15) is 17.6 Å². The maximum absolute atomic E-state index is 13.8. The lowest BCUT2D eigenvalue weighted by molar-refractivity contribution is 0.0371. The van der Waals surface area contributed by atoms with Crippen LogP contribution in [-0.2, 0) is 10.0 Å². The van der Waals surface area contributed by atoms with Gasteiger partial charge in [0.05, 0.1) is 42.4 Å². The monoisotopic (exact) mass is 646 g/mol. The van der Waals surface area contributed by atoms with E-state index in [1.54, 1.807) is 37.1 Å². The predicted molar refractivity (Wildman–Crippen MR) is 177 cm³/mol. The number of hydrogen-bond acceptors (Lipinski definition) is 7. The number of carbonyl (C=O) groups excluding carboxylic acids is 2. The Morgan fingerprint density at radius 2 is 1.80 bits per heavy atom. The molecular formula is C34H38N4O7S. The van der Waals surface area contributed by atoms with Crippen molar-refractivity contribution < 1.29 is 32.6 Å². The number of nitrogens with zero attached hydrogens (tertiary/aromatic N) is 2. The summed E-state index contributed by atoms with van der Waals surface area (Å²) in [6, 6.07) is 23.1. The number of amides is 3. The van der Waals surface area contributed by atoms with Crippen LogP contribution in [0.3, 0.4) is 0 Å². The van der Waals surface area contributed by atoms with E-state index in [2.05, 4.69) is 10.0 Å². The zero-order valence-corrected chi connectivity index (χ0v) is 27.0. The number of urea groups is 1. The number of hydrogen-bond donors (Lipinski definition) is 3. The second-order valence-electron chi connectivity index (χ2n) is 11.5. The molecule has 0 radical (unpaired) electrons. The number of nitrogens with one attached hydrogen (secondary N) is 2. The van der Waals surface area contributed by atoms with Crippen LogP contribution >= 0.6 is 0 Å². The molecule has 3 amide bonds. The Hall–Kier alpha value is -4.81. The molecule has 0 spiro atoms. The van der Waals surface area contributed by atoms with Crippen LogP contribution in [0.1, 0.15) is 24.2 Å². The first-order valence-corrected chi connectivity index (χ1v) is 16.4. The molecule has 0 saturated carbocycles. The van der Waals surface area contributed by atoms with E-state index in [9.17, 15) is 23.1 Å². The number of ether oxygens (including phenoxy) is 2. The molecule has 242 valence electrons. The Balaban J connectivity index is 1.40.